The maximum absolute atomic E-state index is 10.7. The second-order valence-electron chi connectivity index (χ2n) is 3.73. The smallest absolute Gasteiger partial charge is 0.449 e. The lowest BCUT2D eigenvalue weighted by atomic mass is 10.1. The van der Waals surface area contributed by atoms with Gasteiger partial charge in [-0.05, 0) is 28.5 Å². The molecule has 6 nitrogen and oxygen atoms in total. The molecule has 1 aromatic heterocycles. The highest BCUT2D eigenvalue weighted by Gasteiger charge is 2.14. The molecule has 0 atom stereocenters. The van der Waals surface area contributed by atoms with Crippen LogP contribution in [0.5, 0.6) is 5.75 Å². The molecule has 0 aliphatic heterocycles. The SMILES string of the molecule is O=C(O)Oc1ccc([N+](=O)[O-])cc1Cc1ccsc1. The maximum Gasteiger partial charge on any atom is 0.511 e. The zero-order chi connectivity index (χ0) is 13.8. The van der Waals surface area contributed by atoms with Gasteiger partial charge in [-0.1, -0.05) is 0 Å². The van der Waals surface area contributed by atoms with Crippen LogP contribution >= 0.6 is 11.3 Å². The minimum atomic E-state index is -1.44. The average Bonchev–Trinajstić information content (AvgIpc) is 2.83. The highest BCUT2D eigenvalue weighted by atomic mass is 32.1. The summed E-state index contributed by atoms with van der Waals surface area (Å²) in [5.74, 6) is 0.115. The van der Waals surface area contributed by atoms with Crippen molar-refractivity contribution in [2.45, 2.75) is 6.42 Å². The fourth-order valence-corrected chi connectivity index (χ4v) is 2.29. The lowest BCUT2D eigenvalue weighted by molar-refractivity contribution is -0.384. The van der Waals surface area contributed by atoms with Crippen molar-refractivity contribution >= 4 is 23.2 Å². The summed E-state index contributed by atoms with van der Waals surface area (Å²) in [5, 5.41) is 23.2. The molecule has 7 heteroatoms. The first-order chi connectivity index (χ1) is 9.06. The third kappa shape index (κ3) is 3.29. The Balaban J connectivity index is 2.37. The number of nitrogens with zero attached hydrogens (tertiary/aromatic N) is 1. The van der Waals surface area contributed by atoms with Crippen molar-refractivity contribution in [1.29, 1.82) is 0 Å². The van der Waals surface area contributed by atoms with Crippen molar-refractivity contribution < 1.29 is 19.6 Å². The first kappa shape index (κ1) is 13.0. The van der Waals surface area contributed by atoms with Crippen molar-refractivity contribution in [1.82, 2.24) is 0 Å². The first-order valence-electron chi connectivity index (χ1n) is 5.25. The molecule has 2 aromatic rings. The summed E-state index contributed by atoms with van der Waals surface area (Å²) in [6.45, 7) is 0. The number of rotatable bonds is 4. The molecule has 2 rings (SSSR count). The maximum atomic E-state index is 10.7. The highest BCUT2D eigenvalue weighted by molar-refractivity contribution is 7.07. The Hall–Kier alpha value is -2.41. The number of ether oxygens (including phenoxy) is 1. The largest absolute Gasteiger partial charge is 0.511 e. The Labute approximate surface area is 112 Å². The van der Waals surface area contributed by atoms with Gasteiger partial charge in [0.25, 0.3) is 5.69 Å². The quantitative estimate of drug-likeness (QED) is 0.401. The first-order valence-corrected chi connectivity index (χ1v) is 6.19. The van der Waals surface area contributed by atoms with Crippen molar-refractivity contribution in [3.05, 3.63) is 56.3 Å². The van der Waals surface area contributed by atoms with E-state index in [-0.39, 0.29) is 11.4 Å². The number of carboxylic acid groups (broad SMARTS) is 1. The van der Waals surface area contributed by atoms with Crippen LogP contribution in [0.25, 0.3) is 0 Å². The lowest BCUT2D eigenvalue weighted by Gasteiger charge is -2.07. The molecule has 1 aromatic carbocycles. The molecular weight excluding hydrogens is 270 g/mol. The van der Waals surface area contributed by atoms with Crippen LogP contribution in [0.2, 0.25) is 0 Å². The number of benzene rings is 1. The van der Waals surface area contributed by atoms with Crippen LogP contribution < -0.4 is 4.74 Å². The second kappa shape index (κ2) is 5.49. The summed E-state index contributed by atoms with van der Waals surface area (Å²) in [6, 6.07) is 5.72. The molecule has 0 aliphatic rings. The number of hydrogen-bond donors (Lipinski definition) is 1. The Bertz CT molecular complexity index is 609. The van der Waals surface area contributed by atoms with Gasteiger partial charge in [0, 0.05) is 24.1 Å². The molecule has 0 saturated heterocycles. The molecular formula is C12H9NO5S. The zero-order valence-corrected chi connectivity index (χ0v) is 10.4. The number of nitro benzene ring substituents is 1. The van der Waals surface area contributed by atoms with Crippen molar-refractivity contribution in [3.8, 4) is 5.75 Å². The molecule has 1 N–H and O–H groups in total. The van der Waals surface area contributed by atoms with Gasteiger partial charge >= 0.3 is 6.16 Å². The van der Waals surface area contributed by atoms with Gasteiger partial charge in [0.2, 0.25) is 0 Å². The van der Waals surface area contributed by atoms with Gasteiger partial charge in [0.1, 0.15) is 5.75 Å². The van der Waals surface area contributed by atoms with Crippen molar-refractivity contribution in [3.63, 3.8) is 0 Å². The monoisotopic (exact) mass is 279 g/mol. The molecule has 0 unspecified atom stereocenters. The fraction of sp³-hybridized carbons (Fsp3) is 0.0833. The molecule has 1 heterocycles. The van der Waals surface area contributed by atoms with Crippen LogP contribution in [0.15, 0.2) is 35.0 Å². The van der Waals surface area contributed by atoms with Gasteiger partial charge in [-0.25, -0.2) is 4.79 Å². The second-order valence-corrected chi connectivity index (χ2v) is 4.51. The van der Waals surface area contributed by atoms with E-state index < -0.39 is 11.1 Å². The van der Waals surface area contributed by atoms with E-state index in [1.54, 1.807) is 0 Å². The van der Waals surface area contributed by atoms with Crippen LogP contribution in [0.3, 0.4) is 0 Å². The van der Waals surface area contributed by atoms with Crippen LogP contribution in [-0.4, -0.2) is 16.2 Å². The number of non-ortho nitro benzene ring substituents is 1. The summed E-state index contributed by atoms with van der Waals surface area (Å²) in [6.07, 6.45) is -1.06. The van der Waals surface area contributed by atoms with E-state index in [2.05, 4.69) is 4.74 Å². The lowest BCUT2D eigenvalue weighted by Crippen LogP contribution is -2.06. The summed E-state index contributed by atoms with van der Waals surface area (Å²) in [4.78, 5) is 20.8. The molecule has 0 aliphatic carbocycles. The van der Waals surface area contributed by atoms with Crippen LogP contribution in [0.4, 0.5) is 10.5 Å². The number of hydrogen-bond acceptors (Lipinski definition) is 5. The Kier molecular flexibility index (Phi) is 3.76. The molecule has 0 fully saturated rings. The number of thiophene rings is 1. The third-order valence-corrected chi connectivity index (χ3v) is 3.16. The van der Waals surface area contributed by atoms with Crippen LogP contribution in [0.1, 0.15) is 11.1 Å². The molecule has 98 valence electrons. The summed E-state index contributed by atoms with van der Waals surface area (Å²) < 4.78 is 4.63. The predicted molar refractivity (Wildman–Crippen MR) is 68.9 cm³/mol. The third-order valence-electron chi connectivity index (χ3n) is 2.43. The van der Waals surface area contributed by atoms with E-state index in [1.165, 1.54) is 29.5 Å². The van der Waals surface area contributed by atoms with E-state index in [4.69, 9.17) is 5.11 Å². The van der Waals surface area contributed by atoms with E-state index in [1.807, 2.05) is 16.8 Å². The van der Waals surface area contributed by atoms with Gasteiger partial charge in [-0.3, -0.25) is 10.1 Å². The predicted octanol–water partition coefficient (Wildman–Crippen LogP) is 3.30. The van der Waals surface area contributed by atoms with Crippen LogP contribution in [0, 0.1) is 10.1 Å². The summed E-state index contributed by atoms with van der Waals surface area (Å²) in [7, 11) is 0. The minimum Gasteiger partial charge on any atom is -0.449 e. The van der Waals surface area contributed by atoms with Gasteiger partial charge in [-0.2, -0.15) is 11.3 Å². The Morgan fingerprint density at radius 2 is 2.21 bits per heavy atom. The van der Waals surface area contributed by atoms with Gasteiger partial charge in [-0.15, -0.1) is 0 Å². The minimum absolute atomic E-state index is 0.0945. The van der Waals surface area contributed by atoms with Crippen LogP contribution in [-0.2, 0) is 6.42 Å². The summed E-state index contributed by atoms with van der Waals surface area (Å²) >= 11 is 1.50. The number of carbonyl (C=O) groups is 1. The number of nitro groups is 1. The Morgan fingerprint density at radius 1 is 1.42 bits per heavy atom. The van der Waals surface area contributed by atoms with Gasteiger partial charge in [0.15, 0.2) is 0 Å². The molecule has 0 saturated carbocycles. The van der Waals surface area contributed by atoms with Crippen molar-refractivity contribution in [2.75, 3.05) is 0 Å². The molecule has 0 bridgehead atoms. The van der Waals surface area contributed by atoms with E-state index in [0.717, 1.165) is 5.56 Å². The Morgan fingerprint density at radius 3 is 2.79 bits per heavy atom. The molecule has 0 amide bonds. The summed E-state index contributed by atoms with van der Waals surface area (Å²) in [5.41, 5.74) is 1.32. The standard InChI is InChI=1S/C12H9NO5S/c14-12(15)18-11-2-1-10(13(16)17)6-9(11)5-8-3-4-19-7-8/h1-4,6-7H,5H2,(H,14,15). The normalized spacial score (nSPS) is 10.1. The molecule has 0 spiro atoms. The van der Waals surface area contributed by atoms with Gasteiger partial charge < -0.3 is 9.84 Å². The molecule has 0 radical (unpaired) electrons. The highest BCUT2D eigenvalue weighted by Crippen LogP contribution is 2.27. The van der Waals surface area contributed by atoms with E-state index in [9.17, 15) is 14.9 Å². The van der Waals surface area contributed by atoms with E-state index >= 15 is 0 Å². The van der Waals surface area contributed by atoms with Crippen molar-refractivity contribution in [2.24, 2.45) is 0 Å². The fourth-order valence-electron chi connectivity index (χ4n) is 1.62. The molecule has 19 heavy (non-hydrogen) atoms. The zero-order valence-electron chi connectivity index (χ0n) is 9.61. The average molecular weight is 279 g/mol. The topological polar surface area (TPSA) is 89.7 Å². The van der Waals surface area contributed by atoms with Gasteiger partial charge in [0.05, 0.1) is 4.92 Å². The van der Waals surface area contributed by atoms with E-state index in [0.29, 0.717) is 12.0 Å².